The van der Waals surface area contributed by atoms with Gasteiger partial charge in [0.05, 0.1) is 11.6 Å². The molecule has 110 valence electrons. The minimum atomic E-state index is 0.375. The van der Waals surface area contributed by atoms with E-state index in [0.29, 0.717) is 18.1 Å². The smallest absolute Gasteiger partial charge is 0.164 e. The topological polar surface area (TPSA) is 63.7 Å². The molecule has 0 saturated carbocycles. The molecule has 1 aromatic carbocycles. The van der Waals surface area contributed by atoms with Gasteiger partial charge in [-0.2, -0.15) is 10.4 Å². The Labute approximate surface area is 125 Å². The number of aryl methyl sites for hydroxylation is 2. The van der Waals surface area contributed by atoms with E-state index in [9.17, 15) is 0 Å². The van der Waals surface area contributed by atoms with Gasteiger partial charge in [-0.15, -0.1) is 0 Å². The normalized spacial score (nSPS) is 10.7. The molecule has 1 aromatic heterocycles. The van der Waals surface area contributed by atoms with E-state index in [0.717, 1.165) is 29.2 Å². The van der Waals surface area contributed by atoms with Crippen LogP contribution in [0.4, 0.5) is 0 Å². The van der Waals surface area contributed by atoms with Crippen LogP contribution >= 0.6 is 0 Å². The fourth-order valence-electron chi connectivity index (χ4n) is 2.28. The average molecular weight is 284 g/mol. The van der Waals surface area contributed by atoms with Gasteiger partial charge in [-0.3, -0.25) is 0 Å². The summed E-state index contributed by atoms with van der Waals surface area (Å²) in [7, 11) is 0. The number of hydrogen-bond donors (Lipinski definition) is 0. The fraction of sp³-hybridized carbons (Fsp3) is 0.438. The van der Waals surface area contributed by atoms with Crippen molar-refractivity contribution in [2.75, 3.05) is 0 Å². The molecule has 0 N–H and O–H groups in total. The molecule has 0 bridgehead atoms. The third-order valence-electron chi connectivity index (χ3n) is 3.17. The monoisotopic (exact) mass is 284 g/mol. The van der Waals surface area contributed by atoms with Gasteiger partial charge in [0.2, 0.25) is 0 Å². The molecule has 0 amide bonds. The van der Waals surface area contributed by atoms with Crippen molar-refractivity contribution in [1.29, 1.82) is 5.26 Å². The molecular formula is C16H20N4O. The molecule has 2 rings (SSSR count). The quantitative estimate of drug-likeness (QED) is 0.846. The standard InChI is InChI=1S/C16H20N4O/c1-11(2)8-20-15(18-10-19-20)9-21-16-12(3)5-14(7-17)6-13(16)4/h5-6,10-11H,8-9H2,1-4H3. The highest BCUT2D eigenvalue weighted by Gasteiger charge is 2.10. The minimum Gasteiger partial charge on any atom is -0.485 e. The van der Waals surface area contributed by atoms with E-state index in [4.69, 9.17) is 10.00 Å². The molecule has 0 aliphatic carbocycles. The van der Waals surface area contributed by atoms with Crippen LogP contribution in [0.1, 0.15) is 36.4 Å². The van der Waals surface area contributed by atoms with Crippen molar-refractivity contribution in [1.82, 2.24) is 14.8 Å². The van der Waals surface area contributed by atoms with Crippen LogP contribution in [0.2, 0.25) is 0 Å². The van der Waals surface area contributed by atoms with Crippen LogP contribution in [-0.4, -0.2) is 14.8 Å². The summed E-state index contributed by atoms with van der Waals surface area (Å²) in [6.07, 6.45) is 1.56. The van der Waals surface area contributed by atoms with Gasteiger partial charge in [-0.1, -0.05) is 13.8 Å². The number of benzene rings is 1. The van der Waals surface area contributed by atoms with E-state index in [-0.39, 0.29) is 0 Å². The third kappa shape index (κ3) is 3.60. The first-order valence-electron chi connectivity index (χ1n) is 7.02. The van der Waals surface area contributed by atoms with Crippen molar-refractivity contribution in [3.8, 4) is 11.8 Å². The Kier molecular flexibility index (Phi) is 4.59. The molecule has 0 aliphatic rings. The average Bonchev–Trinajstić information content (AvgIpc) is 2.84. The van der Waals surface area contributed by atoms with Crippen molar-refractivity contribution < 1.29 is 4.74 Å². The molecule has 0 atom stereocenters. The van der Waals surface area contributed by atoms with E-state index < -0.39 is 0 Å². The lowest BCUT2D eigenvalue weighted by Gasteiger charge is -2.13. The summed E-state index contributed by atoms with van der Waals surface area (Å²) in [4.78, 5) is 4.25. The Balaban J connectivity index is 2.14. The molecule has 0 fully saturated rings. The molecule has 0 spiro atoms. The van der Waals surface area contributed by atoms with E-state index >= 15 is 0 Å². The molecule has 5 nitrogen and oxygen atoms in total. The van der Waals surface area contributed by atoms with Crippen LogP contribution in [0.3, 0.4) is 0 Å². The molecule has 0 radical (unpaired) electrons. The molecule has 2 aromatic rings. The fourth-order valence-corrected chi connectivity index (χ4v) is 2.28. The van der Waals surface area contributed by atoms with Crippen molar-refractivity contribution >= 4 is 0 Å². The third-order valence-corrected chi connectivity index (χ3v) is 3.17. The summed E-state index contributed by atoms with van der Waals surface area (Å²) in [5.74, 6) is 2.13. The number of ether oxygens (including phenoxy) is 1. The largest absolute Gasteiger partial charge is 0.485 e. The van der Waals surface area contributed by atoms with Crippen molar-refractivity contribution in [2.45, 2.75) is 40.8 Å². The van der Waals surface area contributed by atoms with Crippen LogP contribution in [0, 0.1) is 31.1 Å². The van der Waals surface area contributed by atoms with E-state index in [1.54, 1.807) is 6.33 Å². The summed E-state index contributed by atoms with van der Waals surface area (Å²) in [6, 6.07) is 5.82. The number of nitriles is 1. The summed E-state index contributed by atoms with van der Waals surface area (Å²) in [6.45, 7) is 9.37. The highest BCUT2D eigenvalue weighted by Crippen LogP contribution is 2.25. The Bertz CT molecular complexity index is 644. The molecule has 1 heterocycles. The van der Waals surface area contributed by atoms with Gasteiger partial charge >= 0.3 is 0 Å². The predicted octanol–water partition coefficient (Wildman–Crippen LogP) is 3.00. The summed E-state index contributed by atoms with van der Waals surface area (Å²) < 4.78 is 7.77. The van der Waals surface area contributed by atoms with Gasteiger partial charge < -0.3 is 4.74 Å². The minimum absolute atomic E-state index is 0.375. The molecular weight excluding hydrogens is 264 g/mol. The number of rotatable bonds is 5. The van der Waals surface area contributed by atoms with Crippen molar-refractivity contribution in [3.63, 3.8) is 0 Å². The lowest BCUT2D eigenvalue weighted by molar-refractivity contribution is 0.279. The van der Waals surface area contributed by atoms with Crippen LogP contribution in [0.15, 0.2) is 18.5 Å². The van der Waals surface area contributed by atoms with E-state index in [2.05, 4.69) is 30.0 Å². The van der Waals surface area contributed by atoms with Crippen LogP contribution in [0.5, 0.6) is 5.75 Å². The number of aromatic nitrogens is 3. The van der Waals surface area contributed by atoms with Gasteiger partial charge in [0, 0.05) is 6.54 Å². The van der Waals surface area contributed by atoms with Gasteiger partial charge in [0.25, 0.3) is 0 Å². The molecule has 0 aliphatic heterocycles. The number of hydrogen-bond acceptors (Lipinski definition) is 4. The first kappa shape index (κ1) is 15.0. The van der Waals surface area contributed by atoms with Crippen molar-refractivity contribution in [2.24, 2.45) is 5.92 Å². The second kappa shape index (κ2) is 6.40. The van der Waals surface area contributed by atoms with Crippen LogP contribution in [-0.2, 0) is 13.2 Å². The molecule has 5 heteroatoms. The zero-order chi connectivity index (χ0) is 15.4. The molecule has 0 saturated heterocycles. The summed E-state index contributed by atoms with van der Waals surface area (Å²) in [5, 5.41) is 13.2. The second-order valence-electron chi connectivity index (χ2n) is 5.59. The zero-order valence-electron chi connectivity index (χ0n) is 12.9. The Morgan fingerprint density at radius 2 is 1.95 bits per heavy atom. The van der Waals surface area contributed by atoms with Crippen LogP contribution in [0.25, 0.3) is 0 Å². The first-order chi connectivity index (χ1) is 10.0. The van der Waals surface area contributed by atoms with Gasteiger partial charge in [0.1, 0.15) is 18.7 Å². The maximum absolute atomic E-state index is 8.97. The SMILES string of the molecule is Cc1cc(C#N)cc(C)c1OCc1ncnn1CC(C)C. The Hall–Kier alpha value is -2.35. The van der Waals surface area contributed by atoms with Gasteiger partial charge in [0.15, 0.2) is 5.82 Å². The maximum atomic E-state index is 8.97. The highest BCUT2D eigenvalue weighted by molar-refractivity contribution is 5.47. The zero-order valence-corrected chi connectivity index (χ0v) is 12.9. The summed E-state index contributed by atoms with van der Waals surface area (Å²) in [5.41, 5.74) is 2.57. The van der Waals surface area contributed by atoms with Gasteiger partial charge in [-0.25, -0.2) is 9.67 Å². The predicted molar refractivity (Wildman–Crippen MR) is 79.8 cm³/mol. The van der Waals surface area contributed by atoms with Crippen molar-refractivity contribution in [3.05, 3.63) is 41.0 Å². The lowest BCUT2D eigenvalue weighted by Crippen LogP contribution is -2.12. The highest BCUT2D eigenvalue weighted by atomic mass is 16.5. The van der Waals surface area contributed by atoms with Gasteiger partial charge in [-0.05, 0) is 43.0 Å². The molecule has 0 unspecified atom stereocenters. The Morgan fingerprint density at radius 3 is 2.52 bits per heavy atom. The van der Waals surface area contributed by atoms with E-state index in [1.807, 2.05) is 30.7 Å². The molecule has 21 heavy (non-hydrogen) atoms. The summed E-state index contributed by atoms with van der Waals surface area (Å²) >= 11 is 0. The number of nitrogens with zero attached hydrogens (tertiary/aromatic N) is 4. The lowest BCUT2D eigenvalue weighted by atomic mass is 10.1. The second-order valence-corrected chi connectivity index (χ2v) is 5.59. The first-order valence-corrected chi connectivity index (χ1v) is 7.02. The van der Waals surface area contributed by atoms with E-state index in [1.165, 1.54) is 0 Å². The van der Waals surface area contributed by atoms with Crippen LogP contribution < -0.4 is 4.74 Å². The Morgan fingerprint density at radius 1 is 1.29 bits per heavy atom. The maximum Gasteiger partial charge on any atom is 0.164 e.